The molecule has 0 spiro atoms. The van der Waals surface area contributed by atoms with Crippen molar-refractivity contribution in [3.8, 4) is 0 Å². The smallest absolute Gasteiger partial charge is 0.345 e. The summed E-state index contributed by atoms with van der Waals surface area (Å²) in [4.78, 5) is 14.8. The molecule has 112 valence electrons. The van der Waals surface area contributed by atoms with Crippen LogP contribution in [-0.2, 0) is 11.3 Å². The van der Waals surface area contributed by atoms with E-state index in [0.29, 0.717) is 10.9 Å². The minimum absolute atomic E-state index is 0.376. The third kappa shape index (κ3) is 4.28. The fourth-order valence-electron chi connectivity index (χ4n) is 2.32. The first kappa shape index (κ1) is 15.4. The van der Waals surface area contributed by atoms with Crippen molar-refractivity contribution < 1.29 is 14.6 Å². The maximum Gasteiger partial charge on any atom is 0.345 e. The zero-order valence-electron chi connectivity index (χ0n) is 12.0. The van der Waals surface area contributed by atoms with Crippen LogP contribution in [0.2, 0.25) is 0 Å². The average Bonchev–Trinajstić information content (AvgIpc) is 2.79. The Hall–Kier alpha value is -0.950. The van der Waals surface area contributed by atoms with Crippen LogP contribution in [0.25, 0.3) is 0 Å². The van der Waals surface area contributed by atoms with E-state index in [4.69, 9.17) is 9.84 Å². The Morgan fingerprint density at radius 3 is 2.85 bits per heavy atom. The van der Waals surface area contributed by atoms with Gasteiger partial charge in [0.15, 0.2) is 0 Å². The van der Waals surface area contributed by atoms with Crippen molar-refractivity contribution in [2.24, 2.45) is 0 Å². The molecule has 1 atom stereocenters. The number of nitrogens with zero attached hydrogens (tertiary/aromatic N) is 1. The van der Waals surface area contributed by atoms with E-state index in [0.717, 1.165) is 49.8 Å². The highest BCUT2D eigenvalue weighted by Gasteiger charge is 2.15. The summed E-state index contributed by atoms with van der Waals surface area (Å²) in [6.45, 7) is 9.48. The highest BCUT2D eigenvalue weighted by molar-refractivity contribution is 7.14. The number of carboxylic acids is 1. The van der Waals surface area contributed by atoms with E-state index in [1.807, 2.05) is 6.92 Å². The van der Waals surface area contributed by atoms with Gasteiger partial charge in [-0.2, -0.15) is 0 Å². The molecule has 6 heteroatoms. The van der Waals surface area contributed by atoms with E-state index in [-0.39, 0.29) is 0 Å². The largest absolute Gasteiger partial charge is 0.477 e. The minimum Gasteiger partial charge on any atom is -0.477 e. The maximum atomic E-state index is 10.9. The first-order chi connectivity index (χ1) is 9.56. The molecule has 0 bridgehead atoms. The molecule has 1 aromatic rings. The molecule has 0 radical (unpaired) electrons. The number of aromatic carboxylic acids is 1. The lowest BCUT2D eigenvalue weighted by Gasteiger charge is -2.29. The molecule has 2 N–H and O–H groups in total. The first-order valence-electron chi connectivity index (χ1n) is 6.92. The van der Waals surface area contributed by atoms with Crippen molar-refractivity contribution in [3.05, 3.63) is 21.4 Å². The summed E-state index contributed by atoms with van der Waals surface area (Å²) in [5.74, 6) is -0.842. The second-order valence-electron chi connectivity index (χ2n) is 5.19. The lowest BCUT2D eigenvalue weighted by Crippen LogP contribution is -2.44. The van der Waals surface area contributed by atoms with E-state index in [1.165, 1.54) is 11.3 Å². The Labute approximate surface area is 123 Å². The highest BCUT2D eigenvalue weighted by atomic mass is 32.1. The van der Waals surface area contributed by atoms with E-state index in [9.17, 15) is 4.79 Å². The molecule has 0 aliphatic carbocycles. The zero-order valence-corrected chi connectivity index (χ0v) is 12.8. The van der Waals surface area contributed by atoms with Gasteiger partial charge >= 0.3 is 5.97 Å². The molecular weight excluding hydrogens is 276 g/mol. The molecule has 2 heterocycles. The lowest BCUT2D eigenvalue weighted by atomic mass is 10.2. The van der Waals surface area contributed by atoms with Crippen molar-refractivity contribution in [3.63, 3.8) is 0 Å². The van der Waals surface area contributed by atoms with E-state index in [2.05, 4.69) is 17.1 Å². The Bertz CT molecular complexity index is 455. The molecule has 1 unspecified atom stereocenters. The van der Waals surface area contributed by atoms with Crippen LogP contribution in [0.4, 0.5) is 0 Å². The predicted octanol–water partition coefficient (Wildman–Crippen LogP) is 1.57. The summed E-state index contributed by atoms with van der Waals surface area (Å²) in [6.07, 6.45) is 0. The number of carbonyl (C=O) groups is 1. The van der Waals surface area contributed by atoms with E-state index < -0.39 is 5.97 Å². The minimum atomic E-state index is -0.842. The van der Waals surface area contributed by atoms with Gasteiger partial charge in [0.2, 0.25) is 0 Å². The average molecular weight is 298 g/mol. The summed E-state index contributed by atoms with van der Waals surface area (Å²) < 4.78 is 5.34. The summed E-state index contributed by atoms with van der Waals surface area (Å²) in [5, 5.41) is 12.5. The molecule has 1 aliphatic rings. The molecule has 2 rings (SSSR count). The van der Waals surface area contributed by atoms with Crippen LogP contribution in [0.5, 0.6) is 0 Å². The SMILES string of the molecule is Cc1sc(C(=O)O)cc1CNC(C)CN1CCOCC1. The molecule has 0 amide bonds. The number of rotatable bonds is 6. The van der Waals surface area contributed by atoms with Gasteiger partial charge in [0.25, 0.3) is 0 Å². The van der Waals surface area contributed by atoms with Gasteiger partial charge in [0.05, 0.1) is 13.2 Å². The number of thiophene rings is 1. The van der Waals surface area contributed by atoms with Crippen LogP contribution in [0.1, 0.15) is 27.0 Å². The standard InChI is InChI=1S/C14H22N2O3S/c1-10(9-16-3-5-19-6-4-16)15-8-12-7-13(14(17)18)20-11(12)2/h7,10,15H,3-6,8-9H2,1-2H3,(H,17,18). The third-order valence-corrected chi connectivity index (χ3v) is 4.59. The summed E-state index contributed by atoms with van der Waals surface area (Å²) in [6, 6.07) is 2.15. The fourth-order valence-corrected chi connectivity index (χ4v) is 3.20. The fraction of sp³-hybridized carbons (Fsp3) is 0.643. The number of nitrogens with one attached hydrogen (secondary N) is 1. The molecule has 1 saturated heterocycles. The van der Waals surface area contributed by atoms with Gasteiger partial charge in [-0.1, -0.05) is 0 Å². The number of morpholine rings is 1. The molecular formula is C14H22N2O3S. The zero-order chi connectivity index (χ0) is 14.5. The Kier molecular flexibility index (Phi) is 5.54. The molecule has 0 saturated carbocycles. The van der Waals surface area contributed by atoms with Crippen molar-refractivity contribution in [2.75, 3.05) is 32.8 Å². The molecule has 1 aromatic heterocycles. The number of hydrogen-bond acceptors (Lipinski definition) is 5. The van der Waals surface area contributed by atoms with Gasteiger partial charge in [-0.05, 0) is 25.5 Å². The van der Waals surface area contributed by atoms with Gasteiger partial charge in [0, 0.05) is 37.1 Å². The Morgan fingerprint density at radius 1 is 1.55 bits per heavy atom. The number of ether oxygens (including phenoxy) is 1. The Balaban J connectivity index is 1.80. The highest BCUT2D eigenvalue weighted by Crippen LogP contribution is 2.21. The van der Waals surface area contributed by atoms with E-state index in [1.54, 1.807) is 6.07 Å². The number of carboxylic acid groups (broad SMARTS) is 1. The van der Waals surface area contributed by atoms with Crippen LogP contribution in [-0.4, -0.2) is 54.9 Å². The van der Waals surface area contributed by atoms with Crippen LogP contribution >= 0.6 is 11.3 Å². The molecule has 1 aliphatic heterocycles. The van der Waals surface area contributed by atoms with Crippen LogP contribution in [0.3, 0.4) is 0 Å². The van der Waals surface area contributed by atoms with Crippen molar-refractivity contribution in [1.82, 2.24) is 10.2 Å². The summed E-state index contributed by atoms with van der Waals surface area (Å²) >= 11 is 1.34. The van der Waals surface area contributed by atoms with Gasteiger partial charge in [-0.3, -0.25) is 4.90 Å². The monoisotopic (exact) mass is 298 g/mol. The first-order valence-corrected chi connectivity index (χ1v) is 7.74. The second kappa shape index (κ2) is 7.17. The predicted molar refractivity (Wildman–Crippen MR) is 79.6 cm³/mol. The maximum absolute atomic E-state index is 10.9. The van der Waals surface area contributed by atoms with Gasteiger partial charge in [-0.25, -0.2) is 4.79 Å². The number of aryl methyl sites for hydroxylation is 1. The molecule has 1 fully saturated rings. The van der Waals surface area contributed by atoms with Crippen molar-refractivity contribution >= 4 is 17.3 Å². The summed E-state index contributed by atoms with van der Waals surface area (Å²) in [5.41, 5.74) is 1.08. The second-order valence-corrected chi connectivity index (χ2v) is 6.45. The summed E-state index contributed by atoms with van der Waals surface area (Å²) in [7, 11) is 0. The van der Waals surface area contributed by atoms with E-state index >= 15 is 0 Å². The normalized spacial score (nSPS) is 18.1. The lowest BCUT2D eigenvalue weighted by molar-refractivity contribution is 0.0343. The van der Waals surface area contributed by atoms with Crippen molar-refractivity contribution in [2.45, 2.75) is 26.4 Å². The van der Waals surface area contributed by atoms with Gasteiger partial charge in [-0.15, -0.1) is 11.3 Å². The topological polar surface area (TPSA) is 61.8 Å². The van der Waals surface area contributed by atoms with Crippen molar-refractivity contribution in [1.29, 1.82) is 0 Å². The van der Waals surface area contributed by atoms with Crippen LogP contribution < -0.4 is 5.32 Å². The Morgan fingerprint density at radius 2 is 2.25 bits per heavy atom. The van der Waals surface area contributed by atoms with Gasteiger partial charge < -0.3 is 15.2 Å². The van der Waals surface area contributed by atoms with Crippen LogP contribution in [0.15, 0.2) is 6.07 Å². The third-order valence-electron chi connectivity index (χ3n) is 3.51. The molecule has 5 nitrogen and oxygen atoms in total. The van der Waals surface area contributed by atoms with Gasteiger partial charge in [0.1, 0.15) is 4.88 Å². The molecule has 0 aromatic carbocycles. The quantitative estimate of drug-likeness (QED) is 0.834. The molecule has 20 heavy (non-hydrogen) atoms. The number of hydrogen-bond donors (Lipinski definition) is 2. The van der Waals surface area contributed by atoms with Crippen LogP contribution in [0, 0.1) is 6.92 Å².